The van der Waals surface area contributed by atoms with Crippen molar-refractivity contribution in [1.82, 2.24) is 20.4 Å². The summed E-state index contributed by atoms with van der Waals surface area (Å²) >= 11 is 0. The van der Waals surface area contributed by atoms with Crippen molar-refractivity contribution >= 4 is 6.03 Å². The van der Waals surface area contributed by atoms with Crippen LogP contribution < -0.4 is 10.6 Å². The molecule has 122 valence electrons. The number of hydrogen-bond acceptors (Lipinski definition) is 2. The molecule has 0 spiro atoms. The average molecular weight is 324 g/mol. The highest BCUT2D eigenvalue weighted by Crippen LogP contribution is 2.24. The van der Waals surface area contributed by atoms with E-state index in [9.17, 15) is 9.18 Å². The Bertz CT molecular complexity index is 828. The summed E-state index contributed by atoms with van der Waals surface area (Å²) in [6.07, 6.45) is 1.87. The maximum atomic E-state index is 13.2. The Labute approximate surface area is 139 Å². The molecule has 1 aromatic heterocycles. The Kier molecular flexibility index (Phi) is 4.56. The second-order valence-electron chi connectivity index (χ2n) is 5.22. The number of halogens is 1. The predicted molar refractivity (Wildman–Crippen MR) is 90.3 cm³/mol. The number of para-hydroxylation sites is 1. The van der Waals surface area contributed by atoms with E-state index in [2.05, 4.69) is 15.7 Å². The molecule has 24 heavy (non-hydrogen) atoms. The molecule has 0 aliphatic carbocycles. The van der Waals surface area contributed by atoms with Crippen LogP contribution in [0.3, 0.4) is 0 Å². The number of aromatic nitrogens is 2. The van der Waals surface area contributed by atoms with Crippen LogP contribution in [0, 0.1) is 5.82 Å². The smallest absolute Gasteiger partial charge is 0.314 e. The van der Waals surface area contributed by atoms with Crippen LogP contribution in [-0.2, 0) is 6.54 Å². The molecular weight excluding hydrogens is 307 g/mol. The third-order valence-electron chi connectivity index (χ3n) is 3.59. The van der Waals surface area contributed by atoms with Gasteiger partial charge in [0.2, 0.25) is 0 Å². The zero-order valence-corrected chi connectivity index (χ0v) is 13.2. The molecule has 1 heterocycles. The van der Waals surface area contributed by atoms with E-state index >= 15 is 0 Å². The summed E-state index contributed by atoms with van der Waals surface area (Å²) in [7, 11) is 1.56. The van der Waals surface area contributed by atoms with Crippen LogP contribution in [0.25, 0.3) is 16.9 Å². The van der Waals surface area contributed by atoms with Gasteiger partial charge < -0.3 is 10.6 Å². The SMILES string of the molecule is CNC(=O)NCc1cn(-c2ccccc2)nc1-c1ccc(F)cc1. The molecule has 3 aromatic rings. The van der Waals surface area contributed by atoms with Gasteiger partial charge in [0.1, 0.15) is 5.82 Å². The van der Waals surface area contributed by atoms with Crippen molar-refractivity contribution in [2.45, 2.75) is 6.54 Å². The molecule has 0 aliphatic heterocycles. The highest BCUT2D eigenvalue weighted by Gasteiger charge is 2.13. The van der Waals surface area contributed by atoms with Crippen molar-refractivity contribution in [1.29, 1.82) is 0 Å². The van der Waals surface area contributed by atoms with E-state index in [4.69, 9.17) is 0 Å². The van der Waals surface area contributed by atoms with E-state index < -0.39 is 0 Å². The highest BCUT2D eigenvalue weighted by atomic mass is 19.1. The summed E-state index contributed by atoms with van der Waals surface area (Å²) in [6, 6.07) is 15.5. The summed E-state index contributed by atoms with van der Waals surface area (Å²) in [5, 5.41) is 9.88. The summed E-state index contributed by atoms with van der Waals surface area (Å²) in [5.41, 5.74) is 3.25. The van der Waals surface area contributed by atoms with Gasteiger partial charge in [-0.3, -0.25) is 0 Å². The van der Waals surface area contributed by atoms with Crippen molar-refractivity contribution in [3.05, 3.63) is 72.2 Å². The lowest BCUT2D eigenvalue weighted by atomic mass is 10.1. The first kappa shape index (κ1) is 15.7. The van der Waals surface area contributed by atoms with E-state index in [0.29, 0.717) is 12.2 Å². The van der Waals surface area contributed by atoms with Crippen molar-refractivity contribution < 1.29 is 9.18 Å². The first-order valence-electron chi connectivity index (χ1n) is 7.53. The van der Waals surface area contributed by atoms with Crippen molar-refractivity contribution in [2.24, 2.45) is 0 Å². The molecule has 5 nitrogen and oxygen atoms in total. The lowest BCUT2D eigenvalue weighted by Gasteiger charge is -2.04. The zero-order valence-electron chi connectivity index (χ0n) is 13.2. The van der Waals surface area contributed by atoms with Gasteiger partial charge >= 0.3 is 6.03 Å². The Morgan fingerprint density at radius 2 is 1.83 bits per heavy atom. The zero-order chi connectivity index (χ0) is 16.9. The molecule has 0 unspecified atom stereocenters. The van der Waals surface area contributed by atoms with E-state index in [1.807, 2.05) is 36.5 Å². The topological polar surface area (TPSA) is 59.0 Å². The number of urea groups is 1. The molecule has 0 atom stereocenters. The van der Waals surface area contributed by atoms with E-state index in [1.165, 1.54) is 12.1 Å². The van der Waals surface area contributed by atoms with Gasteiger partial charge in [0, 0.05) is 30.9 Å². The van der Waals surface area contributed by atoms with Crippen LogP contribution in [0.5, 0.6) is 0 Å². The Morgan fingerprint density at radius 3 is 2.50 bits per heavy atom. The van der Waals surface area contributed by atoms with Gasteiger partial charge in [0.25, 0.3) is 0 Å². The largest absolute Gasteiger partial charge is 0.341 e. The van der Waals surface area contributed by atoms with Crippen LogP contribution in [0.1, 0.15) is 5.56 Å². The highest BCUT2D eigenvalue weighted by molar-refractivity contribution is 5.74. The number of carbonyl (C=O) groups excluding carboxylic acids is 1. The van der Waals surface area contributed by atoms with Gasteiger partial charge in [-0.2, -0.15) is 5.10 Å². The number of rotatable bonds is 4. The number of benzene rings is 2. The van der Waals surface area contributed by atoms with Gasteiger partial charge in [-0.1, -0.05) is 18.2 Å². The maximum Gasteiger partial charge on any atom is 0.314 e. The van der Waals surface area contributed by atoms with Crippen molar-refractivity contribution in [3.63, 3.8) is 0 Å². The van der Waals surface area contributed by atoms with Crippen LogP contribution >= 0.6 is 0 Å². The van der Waals surface area contributed by atoms with E-state index in [-0.39, 0.29) is 11.8 Å². The normalized spacial score (nSPS) is 10.4. The quantitative estimate of drug-likeness (QED) is 0.775. The van der Waals surface area contributed by atoms with Gasteiger partial charge in [0.05, 0.1) is 11.4 Å². The molecule has 0 saturated carbocycles. The van der Waals surface area contributed by atoms with Gasteiger partial charge in [0.15, 0.2) is 0 Å². The third-order valence-corrected chi connectivity index (χ3v) is 3.59. The Balaban J connectivity index is 1.99. The lowest BCUT2D eigenvalue weighted by molar-refractivity contribution is 0.242. The fraction of sp³-hybridized carbons (Fsp3) is 0.111. The monoisotopic (exact) mass is 324 g/mol. The molecule has 2 amide bonds. The van der Waals surface area contributed by atoms with Crippen molar-refractivity contribution in [2.75, 3.05) is 7.05 Å². The van der Waals surface area contributed by atoms with Gasteiger partial charge in [-0.05, 0) is 36.4 Å². The van der Waals surface area contributed by atoms with E-state index in [0.717, 1.165) is 16.8 Å². The van der Waals surface area contributed by atoms with E-state index in [1.54, 1.807) is 23.9 Å². The summed E-state index contributed by atoms with van der Waals surface area (Å²) in [5.74, 6) is -0.300. The second-order valence-corrected chi connectivity index (χ2v) is 5.22. The summed E-state index contributed by atoms with van der Waals surface area (Å²) in [6.45, 7) is 0.319. The predicted octanol–water partition coefficient (Wildman–Crippen LogP) is 3.11. The molecule has 0 radical (unpaired) electrons. The minimum absolute atomic E-state index is 0.271. The van der Waals surface area contributed by atoms with Gasteiger partial charge in [-0.25, -0.2) is 13.9 Å². The first-order chi connectivity index (χ1) is 11.7. The van der Waals surface area contributed by atoms with Gasteiger partial charge in [-0.15, -0.1) is 0 Å². The van der Waals surface area contributed by atoms with Crippen molar-refractivity contribution in [3.8, 4) is 16.9 Å². The standard InChI is InChI=1S/C18H17FN4O/c1-20-18(24)21-11-14-12-23(16-5-3-2-4-6-16)22-17(14)13-7-9-15(19)10-8-13/h2-10,12H,11H2,1H3,(H2,20,21,24). The molecule has 0 fully saturated rings. The first-order valence-corrected chi connectivity index (χ1v) is 7.53. The fourth-order valence-corrected chi connectivity index (χ4v) is 2.37. The van der Waals surface area contributed by atoms with Crippen LogP contribution in [0.2, 0.25) is 0 Å². The van der Waals surface area contributed by atoms with Crippen LogP contribution in [0.15, 0.2) is 60.8 Å². The molecule has 2 aromatic carbocycles. The number of carbonyl (C=O) groups is 1. The second kappa shape index (κ2) is 6.95. The minimum atomic E-state index is -0.300. The number of amides is 2. The molecule has 0 bridgehead atoms. The number of hydrogen-bond donors (Lipinski definition) is 2. The molecule has 0 aliphatic rings. The minimum Gasteiger partial charge on any atom is -0.341 e. The fourth-order valence-electron chi connectivity index (χ4n) is 2.37. The number of nitrogens with zero attached hydrogens (tertiary/aromatic N) is 2. The Hall–Kier alpha value is -3.15. The molecule has 2 N–H and O–H groups in total. The molecular formula is C18H17FN4O. The molecule has 6 heteroatoms. The molecule has 3 rings (SSSR count). The maximum absolute atomic E-state index is 13.2. The molecule has 0 saturated heterocycles. The third kappa shape index (κ3) is 3.43. The number of nitrogens with one attached hydrogen (secondary N) is 2. The van der Waals surface area contributed by atoms with Crippen LogP contribution in [-0.4, -0.2) is 22.9 Å². The summed E-state index contributed by atoms with van der Waals surface area (Å²) in [4.78, 5) is 11.5. The van der Waals surface area contributed by atoms with Crippen LogP contribution in [0.4, 0.5) is 9.18 Å². The Morgan fingerprint density at radius 1 is 1.12 bits per heavy atom. The average Bonchev–Trinajstić information content (AvgIpc) is 3.05. The lowest BCUT2D eigenvalue weighted by Crippen LogP contribution is -2.32. The summed E-state index contributed by atoms with van der Waals surface area (Å²) < 4.78 is 14.9.